The molecule has 0 radical (unpaired) electrons. The van der Waals surface area contributed by atoms with Crippen molar-refractivity contribution in [2.75, 3.05) is 19.8 Å². The number of carbonyl (C=O) groups excluding carboxylic acids is 1. The van der Waals surface area contributed by atoms with E-state index in [2.05, 4.69) is 5.32 Å². The molecular weight excluding hydrogens is 194 g/mol. The van der Waals surface area contributed by atoms with E-state index in [9.17, 15) is 4.79 Å². The quantitative estimate of drug-likeness (QED) is 0.753. The fraction of sp³-hybridized carbons (Fsp3) is 0.909. The van der Waals surface area contributed by atoms with Crippen molar-refractivity contribution in [2.45, 2.75) is 44.3 Å². The first-order valence-electron chi connectivity index (χ1n) is 5.84. The molecule has 4 nitrogen and oxygen atoms in total. The largest absolute Gasteiger partial charge is 0.378 e. The van der Waals surface area contributed by atoms with Crippen LogP contribution in [-0.4, -0.2) is 37.9 Å². The molecule has 0 aromatic heterocycles. The molecule has 15 heavy (non-hydrogen) atoms. The van der Waals surface area contributed by atoms with Gasteiger partial charge in [-0.3, -0.25) is 4.79 Å². The first-order chi connectivity index (χ1) is 7.34. The number of hydrogen-bond donors (Lipinski definition) is 1. The minimum atomic E-state index is 0.0948. The zero-order valence-electron chi connectivity index (χ0n) is 9.04. The highest BCUT2D eigenvalue weighted by Gasteiger charge is 2.20. The van der Waals surface area contributed by atoms with Crippen LogP contribution in [0.4, 0.5) is 0 Å². The molecule has 0 aromatic carbocycles. The van der Waals surface area contributed by atoms with Crippen molar-refractivity contribution >= 4 is 5.91 Å². The van der Waals surface area contributed by atoms with Gasteiger partial charge in [-0.25, -0.2) is 0 Å². The van der Waals surface area contributed by atoms with Crippen LogP contribution >= 0.6 is 0 Å². The van der Waals surface area contributed by atoms with E-state index in [0.717, 1.165) is 38.9 Å². The van der Waals surface area contributed by atoms with Crippen LogP contribution in [0.3, 0.4) is 0 Å². The van der Waals surface area contributed by atoms with Crippen LogP contribution in [0.15, 0.2) is 0 Å². The number of ether oxygens (including phenoxy) is 2. The molecule has 0 saturated carbocycles. The first kappa shape index (κ1) is 10.9. The second-order valence-corrected chi connectivity index (χ2v) is 4.28. The SMILES string of the molecule is O=C(CC1CCCO1)NCC1CCCO1. The predicted octanol–water partition coefficient (Wildman–Crippen LogP) is 0.851. The van der Waals surface area contributed by atoms with Crippen LogP contribution in [-0.2, 0) is 14.3 Å². The van der Waals surface area contributed by atoms with Crippen LogP contribution < -0.4 is 5.32 Å². The summed E-state index contributed by atoms with van der Waals surface area (Å²) >= 11 is 0. The Kier molecular flexibility index (Phi) is 3.97. The molecule has 4 heteroatoms. The van der Waals surface area contributed by atoms with E-state index < -0.39 is 0 Å². The molecule has 2 aliphatic rings. The lowest BCUT2D eigenvalue weighted by molar-refractivity contribution is -0.123. The number of amides is 1. The molecule has 2 saturated heterocycles. The normalized spacial score (nSPS) is 30.7. The maximum Gasteiger partial charge on any atom is 0.222 e. The van der Waals surface area contributed by atoms with Gasteiger partial charge in [0.15, 0.2) is 0 Å². The number of nitrogens with one attached hydrogen (secondary N) is 1. The van der Waals surface area contributed by atoms with Gasteiger partial charge in [0.05, 0.1) is 18.6 Å². The van der Waals surface area contributed by atoms with Crippen molar-refractivity contribution < 1.29 is 14.3 Å². The average Bonchev–Trinajstić information content (AvgIpc) is 2.86. The molecule has 86 valence electrons. The van der Waals surface area contributed by atoms with Gasteiger partial charge in [-0.15, -0.1) is 0 Å². The highest BCUT2D eigenvalue weighted by atomic mass is 16.5. The number of rotatable bonds is 4. The summed E-state index contributed by atoms with van der Waals surface area (Å²) in [7, 11) is 0. The van der Waals surface area contributed by atoms with Gasteiger partial charge in [0.2, 0.25) is 5.91 Å². The molecule has 2 unspecified atom stereocenters. The Bertz CT molecular complexity index is 208. The average molecular weight is 213 g/mol. The van der Waals surface area contributed by atoms with Crippen molar-refractivity contribution in [2.24, 2.45) is 0 Å². The maximum absolute atomic E-state index is 11.5. The lowest BCUT2D eigenvalue weighted by atomic mass is 10.1. The standard InChI is InChI=1S/C11H19NO3/c13-11(7-9-3-1-5-14-9)12-8-10-4-2-6-15-10/h9-10H,1-8H2,(H,12,13). The van der Waals surface area contributed by atoms with Gasteiger partial charge in [0.25, 0.3) is 0 Å². The lowest BCUT2D eigenvalue weighted by Crippen LogP contribution is -2.33. The summed E-state index contributed by atoms with van der Waals surface area (Å²) in [4.78, 5) is 11.5. The summed E-state index contributed by atoms with van der Waals surface area (Å²) in [5.74, 6) is 0.0948. The topological polar surface area (TPSA) is 47.6 Å². The van der Waals surface area contributed by atoms with Crippen LogP contribution in [0.1, 0.15) is 32.1 Å². The smallest absolute Gasteiger partial charge is 0.222 e. The highest BCUT2D eigenvalue weighted by Crippen LogP contribution is 2.15. The molecule has 1 amide bonds. The van der Waals surface area contributed by atoms with Gasteiger partial charge in [0.1, 0.15) is 0 Å². The Labute approximate surface area is 90.3 Å². The Hall–Kier alpha value is -0.610. The Morgan fingerprint density at radius 3 is 2.40 bits per heavy atom. The molecule has 1 N–H and O–H groups in total. The molecule has 2 heterocycles. The minimum absolute atomic E-state index is 0.0948. The second-order valence-electron chi connectivity index (χ2n) is 4.28. The zero-order valence-corrected chi connectivity index (χ0v) is 9.04. The van der Waals surface area contributed by atoms with Gasteiger partial charge < -0.3 is 14.8 Å². The van der Waals surface area contributed by atoms with E-state index in [4.69, 9.17) is 9.47 Å². The van der Waals surface area contributed by atoms with E-state index in [1.165, 1.54) is 0 Å². The summed E-state index contributed by atoms with van der Waals surface area (Å²) in [5, 5.41) is 2.91. The van der Waals surface area contributed by atoms with Gasteiger partial charge in [-0.1, -0.05) is 0 Å². The van der Waals surface area contributed by atoms with Gasteiger partial charge >= 0.3 is 0 Å². The Morgan fingerprint density at radius 1 is 1.13 bits per heavy atom. The van der Waals surface area contributed by atoms with E-state index in [1.807, 2.05) is 0 Å². The summed E-state index contributed by atoms with van der Waals surface area (Å²) in [6.45, 7) is 2.31. The van der Waals surface area contributed by atoms with Crippen molar-refractivity contribution in [3.63, 3.8) is 0 Å². The zero-order chi connectivity index (χ0) is 10.5. The molecule has 2 fully saturated rings. The van der Waals surface area contributed by atoms with Gasteiger partial charge in [-0.2, -0.15) is 0 Å². The van der Waals surface area contributed by atoms with Gasteiger partial charge in [-0.05, 0) is 25.7 Å². The Morgan fingerprint density at radius 2 is 1.80 bits per heavy atom. The second kappa shape index (κ2) is 5.47. The summed E-state index contributed by atoms with van der Waals surface area (Å²) in [5.41, 5.74) is 0. The van der Waals surface area contributed by atoms with Crippen molar-refractivity contribution in [1.29, 1.82) is 0 Å². The molecule has 0 bridgehead atoms. The predicted molar refractivity (Wildman–Crippen MR) is 55.6 cm³/mol. The van der Waals surface area contributed by atoms with Crippen LogP contribution in [0.25, 0.3) is 0 Å². The third-order valence-electron chi connectivity index (χ3n) is 2.99. The first-order valence-corrected chi connectivity index (χ1v) is 5.84. The Balaban J connectivity index is 1.59. The number of hydrogen-bond acceptors (Lipinski definition) is 3. The fourth-order valence-electron chi connectivity index (χ4n) is 2.12. The molecule has 0 aromatic rings. The van der Waals surface area contributed by atoms with Crippen LogP contribution in [0, 0.1) is 0 Å². The fourth-order valence-corrected chi connectivity index (χ4v) is 2.12. The highest BCUT2D eigenvalue weighted by molar-refractivity contribution is 5.76. The van der Waals surface area contributed by atoms with E-state index in [-0.39, 0.29) is 18.1 Å². The lowest BCUT2D eigenvalue weighted by Gasteiger charge is -2.12. The van der Waals surface area contributed by atoms with Crippen LogP contribution in [0.5, 0.6) is 0 Å². The number of carbonyl (C=O) groups is 1. The summed E-state index contributed by atoms with van der Waals surface area (Å²) < 4.78 is 10.8. The van der Waals surface area contributed by atoms with Crippen molar-refractivity contribution in [3.8, 4) is 0 Å². The maximum atomic E-state index is 11.5. The van der Waals surface area contributed by atoms with E-state index >= 15 is 0 Å². The molecule has 2 atom stereocenters. The molecule has 2 aliphatic heterocycles. The van der Waals surface area contributed by atoms with Crippen molar-refractivity contribution in [3.05, 3.63) is 0 Å². The van der Waals surface area contributed by atoms with Gasteiger partial charge in [0, 0.05) is 19.8 Å². The summed E-state index contributed by atoms with van der Waals surface area (Å²) in [6, 6.07) is 0. The van der Waals surface area contributed by atoms with E-state index in [1.54, 1.807) is 0 Å². The molecule has 2 rings (SSSR count). The molecular formula is C11H19NO3. The van der Waals surface area contributed by atoms with Crippen LogP contribution in [0.2, 0.25) is 0 Å². The van der Waals surface area contributed by atoms with E-state index in [0.29, 0.717) is 13.0 Å². The minimum Gasteiger partial charge on any atom is -0.378 e. The molecule has 0 spiro atoms. The third-order valence-corrected chi connectivity index (χ3v) is 2.99. The summed E-state index contributed by atoms with van der Waals surface area (Å²) in [6.07, 6.45) is 5.18. The molecule has 0 aliphatic carbocycles. The van der Waals surface area contributed by atoms with Crippen molar-refractivity contribution in [1.82, 2.24) is 5.32 Å². The third kappa shape index (κ3) is 3.47. The monoisotopic (exact) mass is 213 g/mol.